The molecule has 1 rings (SSSR count). The minimum atomic E-state index is -0.586. The molecule has 3 N–H and O–H groups in total. The molecular formula is C13H16ClN3O. The third-order valence-electron chi connectivity index (χ3n) is 2.91. The van der Waals surface area contributed by atoms with Gasteiger partial charge in [0.1, 0.15) is 0 Å². The number of halogens is 1. The molecule has 0 spiro atoms. The summed E-state index contributed by atoms with van der Waals surface area (Å²) in [5, 5.41) is 11.8. The first-order chi connectivity index (χ1) is 8.49. The Morgan fingerprint density at radius 1 is 1.61 bits per heavy atom. The van der Waals surface area contributed by atoms with Crippen molar-refractivity contribution in [3.8, 4) is 6.07 Å². The Bertz CT molecular complexity index is 482. The summed E-state index contributed by atoms with van der Waals surface area (Å²) in [6.07, 6.45) is 0.820. The number of carbonyl (C=O) groups excluding carboxylic acids is 1. The highest BCUT2D eigenvalue weighted by atomic mass is 35.5. The lowest BCUT2D eigenvalue weighted by atomic mass is 9.99. The van der Waals surface area contributed by atoms with E-state index in [0.29, 0.717) is 16.3 Å². The molecule has 18 heavy (non-hydrogen) atoms. The Labute approximate surface area is 112 Å². The van der Waals surface area contributed by atoms with Gasteiger partial charge < -0.3 is 11.1 Å². The lowest BCUT2D eigenvalue weighted by molar-refractivity contribution is -0.118. The largest absolute Gasteiger partial charge is 0.323 e. The van der Waals surface area contributed by atoms with E-state index in [1.165, 1.54) is 6.07 Å². The first-order valence-electron chi connectivity index (χ1n) is 5.75. The van der Waals surface area contributed by atoms with Gasteiger partial charge >= 0.3 is 0 Å². The second-order valence-corrected chi connectivity index (χ2v) is 4.61. The fourth-order valence-electron chi connectivity index (χ4n) is 1.42. The molecule has 0 heterocycles. The lowest BCUT2D eigenvalue weighted by Gasteiger charge is -2.18. The van der Waals surface area contributed by atoms with E-state index in [-0.39, 0.29) is 11.8 Å². The fraction of sp³-hybridized carbons (Fsp3) is 0.385. The second-order valence-electron chi connectivity index (χ2n) is 4.21. The quantitative estimate of drug-likeness (QED) is 0.878. The number of hydrogen-bond donors (Lipinski definition) is 2. The van der Waals surface area contributed by atoms with Crippen LogP contribution in [-0.2, 0) is 4.79 Å². The molecule has 1 aromatic carbocycles. The summed E-state index contributed by atoms with van der Waals surface area (Å²) in [7, 11) is 0. The van der Waals surface area contributed by atoms with Gasteiger partial charge in [-0.3, -0.25) is 4.79 Å². The summed E-state index contributed by atoms with van der Waals surface area (Å²) >= 11 is 5.95. The standard InChI is InChI=1S/C13H16ClN3O/c1-3-8(2)12(16)13(18)17-11-6-9(7-15)4-5-10(11)14/h4-6,8,12H,3,16H2,1-2H3,(H,17,18). The third kappa shape index (κ3) is 3.46. The zero-order valence-electron chi connectivity index (χ0n) is 10.4. The fourth-order valence-corrected chi connectivity index (χ4v) is 1.58. The Kier molecular flexibility index (Phi) is 5.14. The molecular weight excluding hydrogens is 250 g/mol. The van der Waals surface area contributed by atoms with Gasteiger partial charge in [0, 0.05) is 0 Å². The Morgan fingerprint density at radius 2 is 2.28 bits per heavy atom. The van der Waals surface area contributed by atoms with Crippen molar-refractivity contribution in [3.05, 3.63) is 28.8 Å². The minimum Gasteiger partial charge on any atom is -0.323 e. The topological polar surface area (TPSA) is 78.9 Å². The monoisotopic (exact) mass is 265 g/mol. The van der Waals surface area contributed by atoms with Gasteiger partial charge in [0.05, 0.1) is 28.4 Å². The minimum absolute atomic E-state index is 0.0860. The van der Waals surface area contributed by atoms with Gasteiger partial charge in [-0.05, 0) is 24.1 Å². The van der Waals surface area contributed by atoms with Crippen LogP contribution < -0.4 is 11.1 Å². The van der Waals surface area contributed by atoms with Crippen molar-refractivity contribution in [2.75, 3.05) is 5.32 Å². The lowest BCUT2D eigenvalue weighted by Crippen LogP contribution is -2.40. The van der Waals surface area contributed by atoms with Crippen LogP contribution in [0.4, 0.5) is 5.69 Å². The van der Waals surface area contributed by atoms with Crippen molar-refractivity contribution in [3.63, 3.8) is 0 Å². The summed E-state index contributed by atoms with van der Waals surface area (Å²) in [4.78, 5) is 11.9. The predicted molar refractivity (Wildman–Crippen MR) is 72.2 cm³/mol. The molecule has 0 aromatic heterocycles. The van der Waals surface area contributed by atoms with Crippen molar-refractivity contribution in [1.82, 2.24) is 0 Å². The summed E-state index contributed by atoms with van der Waals surface area (Å²) in [5.74, 6) is -0.204. The SMILES string of the molecule is CCC(C)C(N)C(=O)Nc1cc(C#N)ccc1Cl. The van der Waals surface area contributed by atoms with Crippen LogP contribution in [0.3, 0.4) is 0 Å². The molecule has 0 aliphatic rings. The van der Waals surface area contributed by atoms with E-state index < -0.39 is 6.04 Å². The van der Waals surface area contributed by atoms with E-state index >= 15 is 0 Å². The number of carbonyl (C=O) groups is 1. The van der Waals surface area contributed by atoms with Gasteiger partial charge in [0.2, 0.25) is 5.91 Å². The maximum atomic E-state index is 11.9. The normalized spacial score (nSPS) is 13.5. The summed E-state index contributed by atoms with van der Waals surface area (Å²) < 4.78 is 0. The summed E-state index contributed by atoms with van der Waals surface area (Å²) in [6, 6.07) is 6.10. The average molecular weight is 266 g/mol. The average Bonchev–Trinajstić information content (AvgIpc) is 2.39. The maximum Gasteiger partial charge on any atom is 0.241 e. The van der Waals surface area contributed by atoms with Crippen molar-refractivity contribution in [2.45, 2.75) is 26.3 Å². The maximum absolute atomic E-state index is 11.9. The summed E-state index contributed by atoms with van der Waals surface area (Å²) in [6.45, 7) is 3.89. The van der Waals surface area contributed by atoms with Crippen molar-refractivity contribution < 1.29 is 4.79 Å². The van der Waals surface area contributed by atoms with Crippen molar-refractivity contribution in [1.29, 1.82) is 5.26 Å². The number of hydrogen-bond acceptors (Lipinski definition) is 3. The molecule has 96 valence electrons. The number of nitrogens with two attached hydrogens (primary N) is 1. The highest BCUT2D eigenvalue weighted by Crippen LogP contribution is 2.23. The second kappa shape index (κ2) is 6.39. The van der Waals surface area contributed by atoms with E-state index in [1.54, 1.807) is 12.1 Å². The van der Waals surface area contributed by atoms with E-state index in [0.717, 1.165) is 6.42 Å². The Morgan fingerprint density at radius 3 is 2.83 bits per heavy atom. The first-order valence-corrected chi connectivity index (χ1v) is 6.13. The number of amides is 1. The molecule has 0 aliphatic carbocycles. The van der Waals surface area contributed by atoms with Crippen LogP contribution >= 0.6 is 11.6 Å². The van der Waals surface area contributed by atoms with Gasteiger partial charge in [-0.15, -0.1) is 0 Å². The molecule has 1 aromatic rings. The van der Waals surface area contributed by atoms with Gasteiger partial charge in [-0.2, -0.15) is 5.26 Å². The predicted octanol–water partition coefficient (Wildman–Crippen LogP) is 2.52. The zero-order chi connectivity index (χ0) is 13.7. The number of nitrogens with zero attached hydrogens (tertiary/aromatic N) is 1. The Hall–Kier alpha value is -1.57. The molecule has 5 heteroatoms. The highest BCUT2D eigenvalue weighted by Gasteiger charge is 2.20. The van der Waals surface area contributed by atoms with Crippen LogP contribution in [0.15, 0.2) is 18.2 Å². The third-order valence-corrected chi connectivity index (χ3v) is 3.24. The number of nitriles is 1. The number of benzene rings is 1. The highest BCUT2D eigenvalue weighted by molar-refractivity contribution is 6.33. The van der Waals surface area contributed by atoms with Crippen LogP contribution in [0, 0.1) is 17.2 Å². The van der Waals surface area contributed by atoms with Crippen LogP contribution in [0.2, 0.25) is 5.02 Å². The smallest absolute Gasteiger partial charge is 0.241 e. The van der Waals surface area contributed by atoms with Gasteiger partial charge in [-0.1, -0.05) is 31.9 Å². The summed E-state index contributed by atoms with van der Waals surface area (Å²) in [5.41, 5.74) is 6.67. The number of rotatable bonds is 4. The van der Waals surface area contributed by atoms with E-state index in [2.05, 4.69) is 5.32 Å². The molecule has 0 aliphatic heterocycles. The van der Waals surface area contributed by atoms with E-state index in [1.807, 2.05) is 19.9 Å². The van der Waals surface area contributed by atoms with Crippen LogP contribution in [0.1, 0.15) is 25.8 Å². The molecule has 2 atom stereocenters. The molecule has 0 radical (unpaired) electrons. The van der Waals surface area contributed by atoms with Gasteiger partial charge in [0.15, 0.2) is 0 Å². The zero-order valence-corrected chi connectivity index (χ0v) is 11.2. The van der Waals surface area contributed by atoms with Crippen LogP contribution in [-0.4, -0.2) is 11.9 Å². The first kappa shape index (κ1) is 14.5. The van der Waals surface area contributed by atoms with Gasteiger partial charge in [0.25, 0.3) is 0 Å². The van der Waals surface area contributed by atoms with Crippen molar-refractivity contribution in [2.24, 2.45) is 11.7 Å². The van der Waals surface area contributed by atoms with Crippen LogP contribution in [0.25, 0.3) is 0 Å². The molecule has 2 unspecified atom stereocenters. The molecule has 0 saturated heterocycles. The van der Waals surface area contributed by atoms with E-state index in [4.69, 9.17) is 22.6 Å². The number of nitrogens with one attached hydrogen (secondary N) is 1. The molecule has 4 nitrogen and oxygen atoms in total. The van der Waals surface area contributed by atoms with Gasteiger partial charge in [-0.25, -0.2) is 0 Å². The molecule has 1 amide bonds. The molecule has 0 saturated carbocycles. The van der Waals surface area contributed by atoms with E-state index in [9.17, 15) is 4.79 Å². The molecule has 0 bridgehead atoms. The number of anilines is 1. The molecule has 0 fully saturated rings. The van der Waals surface area contributed by atoms with Crippen molar-refractivity contribution >= 4 is 23.2 Å². The Balaban J connectivity index is 2.85. The van der Waals surface area contributed by atoms with Crippen LogP contribution in [0.5, 0.6) is 0 Å².